The van der Waals surface area contributed by atoms with E-state index in [0.717, 1.165) is 29.8 Å². The van der Waals surface area contributed by atoms with Gasteiger partial charge in [-0.25, -0.2) is 0 Å². The number of ether oxygens (including phenoxy) is 2. The molecule has 22 heavy (non-hydrogen) atoms. The third kappa shape index (κ3) is 2.46. The van der Waals surface area contributed by atoms with Crippen LogP contribution < -0.4 is 9.16 Å². The highest BCUT2D eigenvalue weighted by Crippen LogP contribution is 2.50. The summed E-state index contributed by atoms with van der Waals surface area (Å²) in [6.07, 6.45) is 1.56. The summed E-state index contributed by atoms with van der Waals surface area (Å²) in [6, 6.07) is 3.65. The van der Waals surface area contributed by atoms with Gasteiger partial charge in [0.25, 0.3) is 0 Å². The van der Waals surface area contributed by atoms with Crippen molar-refractivity contribution >= 4 is 14.6 Å². The average Bonchev–Trinajstić information content (AvgIpc) is 2.96. The van der Waals surface area contributed by atoms with E-state index in [1.165, 1.54) is 0 Å². The minimum absolute atomic E-state index is 0.0993. The molecular formula is C17H24O4Si. The third-order valence-corrected chi connectivity index (χ3v) is 9.43. The predicted molar refractivity (Wildman–Crippen MR) is 87.4 cm³/mol. The Balaban J connectivity index is 2.04. The molecule has 1 aromatic carbocycles. The average molecular weight is 320 g/mol. The second kappa shape index (κ2) is 5.10. The Morgan fingerprint density at radius 2 is 2.05 bits per heavy atom. The van der Waals surface area contributed by atoms with Crippen molar-refractivity contribution in [3.8, 4) is 11.5 Å². The minimum atomic E-state index is -1.98. The molecule has 1 saturated heterocycles. The fourth-order valence-electron chi connectivity index (χ4n) is 2.75. The lowest BCUT2D eigenvalue weighted by molar-refractivity contribution is -0.0337. The van der Waals surface area contributed by atoms with Crippen molar-refractivity contribution in [1.29, 1.82) is 0 Å². The molecule has 2 atom stereocenters. The van der Waals surface area contributed by atoms with Gasteiger partial charge >= 0.3 is 0 Å². The molecule has 2 aliphatic rings. The second-order valence-corrected chi connectivity index (χ2v) is 12.4. The first-order valence-corrected chi connectivity index (χ1v) is 10.7. The zero-order valence-electron chi connectivity index (χ0n) is 13.9. The number of fused-ring (bicyclic) bond motifs is 3. The Morgan fingerprint density at radius 1 is 1.32 bits per heavy atom. The first kappa shape index (κ1) is 15.6. The first-order valence-electron chi connectivity index (χ1n) is 7.83. The van der Waals surface area contributed by atoms with Gasteiger partial charge in [0.05, 0.1) is 12.5 Å². The topological polar surface area (TPSA) is 44.8 Å². The highest BCUT2D eigenvalue weighted by molar-refractivity contribution is 6.74. The number of hydrogen-bond donors (Lipinski definition) is 0. The van der Waals surface area contributed by atoms with Crippen LogP contribution >= 0.6 is 0 Å². The summed E-state index contributed by atoms with van der Waals surface area (Å²) in [4.78, 5) is 11.2. The molecule has 120 valence electrons. The van der Waals surface area contributed by atoms with E-state index in [4.69, 9.17) is 13.9 Å². The molecule has 3 rings (SSSR count). The highest BCUT2D eigenvalue weighted by atomic mass is 28.4. The standard InChI is InChI=1S/C17H24O4Si/c1-17(2,3)22(4,5)21-14-9-11(10-18)8-13-15(14)12-6-7-19-16(12)20-13/h8-10,12,16H,6-7H2,1-5H3/t12-,16+/m0/s1. The summed E-state index contributed by atoms with van der Waals surface area (Å²) in [5, 5.41) is 0.0993. The maximum absolute atomic E-state index is 11.2. The van der Waals surface area contributed by atoms with Gasteiger partial charge < -0.3 is 13.9 Å². The SMILES string of the molecule is CC(C)(C)[Si](C)(C)Oc1cc(C=O)cc2c1[C@@H]1CCO[C@@H]1O2. The molecule has 2 aliphatic heterocycles. The van der Waals surface area contributed by atoms with Gasteiger partial charge in [0.1, 0.15) is 17.8 Å². The Labute approximate surface area is 132 Å². The van der Waals surface area contributed by atoms with E-state index in [9.17, 15) is 4.79 Å². The summed E-state index contributed by atoms with van der Waals surface area (Å²) in [7, 11) is -1.98. The molecule has 1 fully saturated rings. The summed E-state index contributed by atoms with van der Waals surface area (Å²) < 4.78 is 18.0. The van der Waals surface area contributed by atoms with E-state index < -0.39 is 8.32 Å². The van der Waals surface area contributed by atoms with Crippen molar-refractivity contribution in [1.82, 2.24) is 0 Å². The van der Waals surface area contributed by atoms with Crippen molar-refractivity contribution in [3.05, 3.63) is 23.3 Å². The minimum Gasteiger partial charge on any atom is -0.543 e. The van der Waals surface area contributed by atoms with Crippen LogP contribution in [-0.4, -0.2) is 27.5 Å². The van der Waals surface area contributed by atoms with Crippen molar-refractivity contribution < 1.29 is 18.7 Å². The molecule has 0 spiro atoms. The summed E-state index contributed by atoms with van der Waals surface area (Å²) in [6.45, 7) is 11.8. The third-order valence-electron chi connectivity index (χ3n) is 5.09. The van der Waals surface area contributed by atoms with Crippen molar-refractivity contribution in [2.24, 2.45) is 0 Å². The Bertz CT molecular complexity index is 603. The van der Waals surface area contributed by atoms with E-state index in [0.29, 0.717) is 12.2 Å². The van der Waals surface area contributed by atoms with E-state index in [1.54, 1.807) is 6.07 Å². The molecule has 0 bridgehead atoms. The number of carbonyl (C=O) groups excluding carboxylic acids is 1. The van der Waals surface area contributed by atoms with E-state index in [1.807, 2.05) is 6.07 Å². The fraction of sp³-hybridized carbons (Fsp3) is 0.588. The van der Waals surface area contributed by atoms with E-state index in [-0.39, 0.29) is 17.2 Å². The molecule has 0 aromatic heterocycles. The van der Waals surface area contributed by atoms with Crippen LogP contribution in [0.4, 0.5) is 0 Å². The Hall–Kier alpha value is -1.33. The first-order chi connectivity index (χ1) is 10.2. The van der Waals surface area contributed by atoms with Gasteiger partial charge in [-0.1, -0.05) is 20.8 Å². The van der Waals surface area contributed by atoms with Gasteiger partial charge in [-0.2, -0.15) is 0 Å². The van der Waals surface area contributed by atoms with Gasteiger partial charge in [0.2, 0.25) is 14.6 Å². The largest absolute Gasteiger partial charge is 0.543 e. The number of carbonyl (C=O) groups is 1. The zero-order valence-corrected chi connectivity index (χ0v) is 14.9. The normalized spacial score (nSPS) is 23.7. The van der Waals surface area contributed by atoms with Crippen LogP contribution in [0, 0.1) is 0 Å². The number of hydrogen-bond acceptors (Lipinski definition) is 4. The molecular weight excluding hydrogens is 296 g/mol. The van der Waals surface area contributed by atoms with E-state index in [2.05, 4.69) is 33.9 Å². The van der Waals surface area contributed by atoms with Gasteiger partial charge in [0, 0.05) is 11.1 Å². The van der Waals surface area contributed by atoms with Crippen molar-refractivity contribution in [3.63, 3.8) is 0 Å². The lowest BCUT2D eigenvalue weighted by Gasteiger charge is -2.37. The molecule has 4 nitrogen and oxygen atoms in total. The Kier molecular flexibility index (Phi) is 3.60. The van der Waals surface area contributed by atoms with Crippen LogP contribution in [0.2, 0.25) is 18.1 Å². The number of aldehydes is 1. The summed E-state index contributed by atoms with van der Waals surface area (Å²) >= 11 is 0. The Morgan fingerprint density at radius 3 is 2.68 bits per heavy atom. The molecule has 1 aromatic rings. The van der Waals surface area contributed by atoms with Crippen LogP contribution in [-0.2, 0) is 4.74 Å². The molecule has 0 radical (unpaired) electrons. The van der Waals surface area contributed by atoms with Gasteiger partial charge in [-0.3, -0.25) is 4.79 Å². The lowest BCUT2D eigenvalue weighted by atomic mass is 9.96. The summed E-state index contributed by atoms with van der Waals surface area (Å²) in [5.41, 5.74) is 1.67. The number of rotatable bonds is 3. The molecule has 0 unspecified atom stereocenters. The van der Waals surface area contributed by atoms with Crippen molar-refractivity contribution in [2.75, 3.05) is 6.61 Å². The molecule has 5 heteroatoms. The van der Waals surface area contributed by atoms with Crippen LogP contribution in [0.3, 0.4) is 0 Å². The summed E-state index contributed by atoms with van der Waals surface area (Å²) in [5.74, 6) is 1.77. The predicted octanol–water partition coefficient (Wildman–Crippen LogP) is 4.11. The fourth-order valence-corrected chi connectivity index (χ4v) is 3.77. The molecule has 0 N–H and O–H groups in total. The van der Waals surface area contributed by atoms with Crippen LogP contribution in [0.15, 0.2) is 12.1 Å². The monoisotopic (exact) mass is 320 g/mol. The maximum Gasteiger partial charge on any atom is 0.250 e. The molecule has 2 heterocycles. The van der Waals surface area contributed by atoms with Crippen LogP contribution in [0.5, 0.6) is 11.5 Å². The van der Waals surface area contributed by atoms with Gasteiger partial charge in [-0.05, 0) is 36.7 Å². The molecule has 0 aliphatic carbocycles. The molecule has 0 amide bonds. The smallest absolute Gasteiger partial charge is 0.250 e. The lowest BCUT2D eigenvalue weighted by Crippen LogP contribution is -2.44. The molecule has 0 saturated carbocycles. The highest BCUT2D eigenvalue weighted by Gasteiger charge is 2.44. The van der Waals surface area contributed by atoms with Gasteiger partial charge in [-0.15, -0.1) is 0 Å². The van der Waals surface area contributed by atoms with E-state index >= 15 is 0 Å². The van der Waals surface area contributed by atoms with Crippen LogP contribution in [0.1, 0.15) is 49.0 Å². The number of benzene rings is 1. The van der Waals surface area contributed by atoms with Crippen molar-refractivity contribution in [2.45, 2.75) is 57.5 Å². The van der Waals surface area contributed by atoms with Crippen LogP contribution in [0.25, 0.3) is 0 Å². The zero-order chi connectivity index (χ0) is 16.1. The maximum atomic E-state index is 11.2. The second-order valence-electron chi connectivity index (χ2n) is 7.66. The quantitative estimate of drug-likeness (QED) is 0.621. The van der Waals surface area contributed by atoms with Gasteiger partial charge in [0.15, 0.2) is 0 Å².